The predicted octanol–water partition coefficient (Wildman–Crippen LogP) is 3.39. The summed E-state index contributed by atoms with van der Waals surface area (Å²) >= 11 is 5.94. The molecule has 0 saturated heterocycles. The average molecular weight is 387 g/mol. The summed E-state index contributed by atoms with van der Waals surface area (Å²) in [6.07, 6.45) is 1.27. The molecule has 0 bridgehead atoms. The Bertz CT molecular complexity index is 920. The molecule has 2 N–H and O–H groups in total. The number of methoxy groups -OCH3 is 1. The van der Waals surface area contributed by atoms with Crippen LogP contribution in [-0.2, 0) is 11.3 Å². The molecule has 0 unspecified atom stereocenters. The van der Waals surface area contributed by atoms with Gasteiger partial charge in [0, 0.05) is 24.9 Å². The van der Waals surface area contributed by atoms with Crippen molar-refractivity contribution in [2.24, 2.45) is 0 Å². The molecule has 0 aliphatic carbocycles. The van der Waals surface area contributed by atoms with E-state index in [1.54, 1.807) is 25.3 Å². The molecule has 0 atom stereocenters. The minimum atomic E-state index is -0.734. The Morgan fingerprint density at radius 1 is 1.33 bits per heavy atom. The predicted molar refractivity (Wildman–Crippen MR) is 100 cm³/mol. The number of nitro benzene ring substituents is 1. The van der Waals surface area contributed by atoms with E-state index in [2.05, 4.69) is 10.6 Å². The van der Waals surface area contributed by atoms with Crippen molar-refractivity contribution in [1.29, 1.82) is 5.26 Å². The number of nitro groups is 1. The second kappa shape index (κ2) is 9.22. The number of ether oxygens (including phenoxy) is 1. The number of nitrogens with zero attached hydrogens (tertiary/aromatic N) is 2. The molecule has 2 rings (SSSR count). The lowest BCUT2D eigenvalue weighted by molar-refractivity contribution is -0.384. The molecule has 8 nitrogen and oxygen atoms in total. The van der Waals surface area contributed by atoms with Crippen molar-refractivity contribution in [3.63, 3.8) is 0 Å². The van der Waals surface area contributed by atoms with Gasteiger partial charge < -0.3 is 15.4 Å². The van der Waals surface area contributed by atoms with Crippen LogP contribution in [0, 0.1) is 21.4 Å². The quantitative estimate of drug-likeness (QED) is 0.326. The molecule has 0 saturated carbocycles. The monoisotopic (exact) mass is 386 g/mol. The van der Waals surface area contributed by atoms with Crippen molar-refractivity contribution in [1.82, 2.24) is 5.32 Å². The average Bonchev–Trinajstić information content (AvgIpc) is 2.67. The maximum Gasteiger partial charge on any atom is 0.271 e. The second-order valence-corrected chi connectivity index (χ2v) is 5.68. The molecule has 0 radical (unpaired) electrons. The van der Waals surface area contributed by atoms with E-state index in [1.807, 2.05) is 12.1 Å². The molecule has 0 aromatic heterocycles. The van der Waals surface area contributed by atoms with Crippen LogP contribution in [0.5, 0.6) is 5.75 Å². The van der Waals surface area contributed by atoms with E-state index in [9.17, 15) is 20.2 Å². The van der Waals surface area contributed by atoms with Gasteiger partial charge in [0.2, 0.25) is 0 Å². The zero-order valence-corrected chi connectivity index (χ0v) is 15.0. The van der Waals surface area contributed by atoms with Gasteiger partial charge in [-0.05, 0) is 23.8 Å². The molecular formula is C18H15ClN4O4. The van der Waals surface area contributed by atoms with E-state index >= 15 is 0 Å². The summed E-state index contributed by atoms with van der Waals surface area (Å²) in [5.74, 6) is -0.0117. The summed E-state index contributed by atoms with van der Waals surface area (Å²) in [6, 6.07) is 12.7. The normalized spacial score (nSPS) is 10.6. The van der Waals surface area contributed by atoms with Crippen LogP contribution in [0.2, 0.25) is 5.02 Å². The number of non-ortho nitro benzene ring substituents is 1. The number of nitrogens with one attached hydrogen (secondary N) is 2. The first-order valence-electron chi connectivity index (χ1n) is 7.66. The van der Waals surface area contributed by atoms with E-state index in [0.29, 0.717) is 6.54 Å². The van der Waals surface area contributed by atoms with Gasteiger partial charge in [0.15, 0.2) is 0 Å². The molecule has 0 spiro atoms. The molecule has 2 aromatic rings. The van der Waals surface area contributed by atoms with Gasteiger partial charge in [-0.1, -0.05) is 23.7 Å². The number of nitriles is 1. The van der Waals surface area contributed by atoms with Crippen LogP contribution in [0.1, 0.15) is 5.56 Å². The maximum absolute atomic E-state index is 12.2. The highest BCUT2D eigenvalue weighted by Crippen LogP contribution is 2.27. The third-order valence-electron chi connectivity index (χ3n) is 3.49. The topological polar surface area (TPSA) is 117 Å². The van der Waals surface area contributed by atoms with Crippen molar-refractivity contribution in [3.8, 4) is 11.8 Å². The first kappa shape index (κ1) is 19.8. The van der Waals surface area contributed by atoms with E-state index < -0.39 is 10.8 Å². The Kier molecular flexibility index (Phi) is 6.74. The van der Waals surface area contributed by atoms with E-state index in [-0.39, 0.29) is 22.0 Å². The number of carbonyl (C=O) groups excluding carboxylic acids is 1. The standard InChI is InChI=1S/C18H15ClN4O4/c1-27-15-5-2-12(3-6-15)10-21-11-13(9-20)18(24)22-17-8-14(23(25)26)4-7-16(17)19/h2-8,11,21H,10H2,1H3,(H,22,24)/b13-11-. The van der Waals surface area contributed by atoms with Crippen molar-refractivity contribution in [2.75, 3.05) is 12.4 Å². The first-order chi connectivity index (χ1) is 12.9. The minimum absolute atomic E-state index is 0.0483. The fourth-order valence-electron chi connectivity index (χ4n) is 2.08. The van der Waals surface area contributed by atoms with Gasteiger partial charge in [-0.3, -0.25) is 14.9 Å². The van der Waals surface area contributed by atoms with Gasteiger partial charge in [0.1, 0.15) is 17.4 Å². The maximum atomic E-state index is 12.2. The molecule has 27 heavy (non-hydrogen) atoms. The Balaban J connectivity index is 2.04. The number of hydrogen-bond acceptors (Lipinski definition) is 6. The van der Waals surface area contributed by atoms with Crippen LogP contribution in [0.3, 0.4) is 0 Å². The third kappa shape index (κ3) is 5.45. The number of hydrogen-bond donors (Lipinski definition) is 2. The Labute approximate surface area is 160 Å². The zero-order chi connectivity index (χ0) is 19.8. The summed E-state index contributed by atoms with van der Waals surface area (Å²) in [7, 11) is 1.57. The fraction of sp³-hybridized carbons (Fsp3) is 0.111. The summed E-state index contributed by atoms with van der Waals surface area (Å²) in [4.78, 5) is 22.4. The Morgan fingerprint density at radius 3 is 2.63 bits per heavy atom. The van der Waals surface area contributed by atoms with Crippen molar-refractivity contribution < 1.29 is 14.5 Å². The Morgan fingerprint density at radius 2 is 2.04 bits per heavy atom. The summed E-state index contributed by atoms with van der Waals surface area (Å²) in [5, 5.41) is 25.4. The van der Waals surface area contributed by atoms with Gasteiger partial charge in [0.25, 0.3) is 11.6 Å². The zero-order valence-electron chi connectivity index (χ0n) is 14.2. The van der Waals surface area contributed by atoms with Gasteiger partial charge in [0.05, 0.1) is 22.7 Å². The van der Waals surface area contributed by atoms with E-state index in [0.717, 1.165) is 17.4 Å². The molecule has 0 heterocycles. The number of halogens is 1. The van der Waals surface area contributed by atoms with Crippen LogP contribution in [-0.4, -0.2) is 17.9 Å². The highest BCUT2D eigenvalue weighted by atomic mass is 35.5. The number of rotatable bonds is 7. The van der Waals surface area contributed by atoms with Gasteiger partial charge in [-0.25, -0.2) is 0 Å². The van der Waals surface area contributed by atoms with Crippen LogP contribution < -0.4 is 15.4 Å². The SMILES string of the molecule is COc1ccc(CN/C=C(/C#N)C(=O)Nc2cc([N+](=O)[O-])ccc2Cl)cc1. The van der Waals surface area contributed by atoms with Crippen LogP contribution in [0.25, 0.3) is 0 Å². The molecule has 138 valence electrons. The molecule has 9 heteroatoms. The van der Waals surface area contributed by atoms with Crippen LogP contribution in [0.15, 0.2) is 54.2 Å². The lowest BCUT2D eigenvalue weighted by Crippen LogP contribution is -2.17. The molecule has 0 aliphatic rings. The fourth-order valence-corrected chi connectivity index (χ4v) is 2.24. The number of amides is 1. The van der Waals surface area contributed by atoms with E-state index in [1.165, 1.54) is 18.3 Å². The van der Waals surface area contributed by atoms with Crippen molar-refractivity contribution >= 4 is 28.9 Å². The highest BCUT2D eigenvalue weighted by Gasteiger charge is 2.14. The smallest absolute Gasteiger partial charge is 0.271 e. The second-order valence-electron chi connectivity index (χ2n) is 5.27. The Hall–Kier alpha value is -3.57. The number of carbonyl (C=O) groups is 1. The number of benzene rings is 2. The minimum Gasteiger partial charge on any atom is -0.497 e. The largest absolute Gasteiger partial charge is 0.497 e. The van der Waals surface area contributed by atoms with Crippen LogP contribution in [0.4, 0.5) is 11.4 Å². The van der Waals surface area contributed by atoms with Crippen LogP contribution >= 0.6 is 11.6 Å². The summed E-state index contributed by atoms with van der Waals surface area (Å²) in [6.45, 7) is 0.389. The molecule has 0 fully saturated rings. The first-order valence-corrected chi connectivity index (χ1v) is 8.04. The lowest BCUT2D eigenvalue weighted by Gasteiger charge is -2.07. The highest BCUT2D eigenvalue weighted by molar-refractivity contribution is 6.34. The summed E-state index contributed by atoms with van der Waals surface area (Å²) in [5.41, 5.74) is 0.541. The van der Waals surface area contributed by atoms with Gasteiger partial charge >= 0.3 is 0 Å². The lowest BCUT2D eigenvalue weighted by atomic mass is 10.2. The van der Waals surface area contributed by atoms with Crippen molar-refractivity contribution in [2.45, 2.75) is 6.54 Å². The molecule has 2 aromatic carbocycles. The van der Waals surface area contributed by atoms with E-state index in [4.69, 9.17) is 16.3 Å². The number of anilines is 1. The molecular weight excluding hydrogens is 372 g/mol. The van der Waals surface area contributed by atoms with Crippen molar-refractivity contribution in [3.05, 3.63) is 74.9 Å². The molecule has 1 amide bonds. The van der Waals surface area contributed by atoms with Gasteiger partial charge in [-0.15, -0.1) is 0 Å². The molecule has 0 aliphatic heterocycles. The third-order valence-corrected chi connectivity index (χ3v) is 3.82. The summed E-state index contributed by atoms with van der Waals surface area (Å²) < 4.78 is 5.07. The van der Waals surface area contributed by atoms with Gasteiger partial charge in [-0.2, -0.15) is 5.26 Å².